The summed E-state index contributed by atoms with van der Waals surface area (Å²) in [6, 6.07) is 14.3. The van der Waals surface area contributed by atoms with E-state index < -0.39 is 0 Å². The smallest absolute Gasteiger partial charge is 0.271 e. The largest absolute Gasteiger partial charge is 0.507 e. The number of aliphatic hydroxyl groups excluding tert-OH is 1. The lowest BCUT2D eigenvalue weighted by Crippen LogP contribution is -2.35. The number of hydrazone groups is 1. The van der Waals surface area contributed by atoms with Gasteiger partial charge in [0, 0.05) is 17.7 Å². The molecule has 0 fully saturated rings. The summed E-state index contributed by atoms with van der Waals surface area (Å²) in [5.74, 6) is -0.256. The number of rotatable bonds is 5. The number of fused-ring (bicyclic) bond motifs is 1. The minimum Gasteiger partial charge on any atom is -0.507 e. The average Bonchev–Trinajstić information content (AvgIpc) is 2.64. The number of aromatic nitrogens is 1. The minimum absolute atomic E-state index is 0.0367. The molecule has 3 rings (SSSR count). The van der Waals surface area contributed by atoms with Crippen molar-refractivity contribution >= 4 is 22.9 Å². The average molecular weight is 336 g/mol. The highest BCUT2D eigenvalue weighted by Gasteiger charge is 2.08. The molecule has 1 amide bonds. The van der Waals surface area contributed by atoms with Crippen molar-refractivity contribution < 1.29 is 19.6 Å². The number of carbonyl (C=O) groups excluding carboxylic acids is 1. The van der Waals surface area contributed by atoms with Crippen LogP contribution in [0.5, 0.6) is 5.75 Å². The van der Waals surface area contributed by atoms with Gasteiger partial charge in [0.25, 0.3) is 5.91 Å². The van der Waals surface area contributed by atoms with E-state index in [1.165, 1.54) is 6.21 Å². The molecule has 0 aliphatic heterocycles. The molecule has 0 saturated heterocycles. The molecule has 0 unspecified atom stereocenters. The first-order chi connectivity index (χ1) is 12.2. The zero-order valence-corrected chi connectivity index (χ0v) is 13.5. The van der Waals surface area contributed by atoms with E-state index in [1.807, 2.05) is 30.3 Å². The van der Waals surface area contributed by atoms with Gasteiger partial charge in [-0.25, -0.2) is 9.99 Å². The summed E-state index contributed by atoms with van der Waals surface area (Å²) in [5.41, 5.74) is 3.45. The SMILES string of the molecule is O=C(N/N=C\c1c(O)ccc2ccccc12)c1cc[n+](CCO)cc1. The molecule has 25 heavy (non-hydrogen) atoms. The predicted molar refractivity (Wildman–Crippen MR) is 94.4 cm³/mol. The fourth-order valence-corrected chi connectivity index (χ4v) is 2.51. The van der Waals surface area contributed by atoms with Crippen molar-refractivity contribution in [3.8, 4) is 5.75 Å². The number of phenols is 1. The minimum atomic E-state index is -0.355. The first-order valence-electron chi connectivity index (χ1n) is 7.83. The lowest BCUT2D eigenvalue weighted by molar-refractivity contribution is -0.698. The number of nitrogens with zero attached hydrogens (tertiary/aromatic N) is 2. The van der Waals surface area contributed by atoms with Crippen molar-refractivity contribution in [2.45, 2.75) is 6.54 Å². The number of aromatic hydroxyl groups is 1. The molecule has 6 heteroatoms. The van der Waals surface area contributed by atoms with Crippen LogP contribution in [0.3, 0.4) is 0 Å². The van der Waals surface area contributed by atoms with Crippen molar-refractivity contribution in [2.75, 3.05) is 6.61 Å². The summed E-state index contributed by atoms with van der Waals surface area (Å²) in [6.45, 7) is 0.509. The number of carbonyl (C=O) groups is 1. The van der Waals surface area contributed by atoms with E-state index in [0.717, 1.165) is 10.8 Å². The molecule has 0 atom stereocenters. The second-order valence-electron chi connectivity index (χ2n) is 5.47. The maximum Gasteiger partial charge on any atom is 0.271 e. The van der Waals surface area contributed by atoms with Gasteiger partial charge in [-0.1, -0.05) is 30.3 Å². The van der Waals surface area contributed by atoms with E-state index in [-0.39, 0.29) is 18.3 Å². The topological polar surface area (TPSA) is 85.8 Å². The van der Waals surface area contributed by atoms with E-state index in [0.29, 0.717) is 17.7 Å². The molecule has 126 valence electrons. The van der Waals surface area contributed by atoms with Crippen LogP contribution in [0.1, 0.15) is 15.9 Å². The summed E-state index contributed by atoms with van der Waals surface area (Å²) in [6.07, 6.45) is 4.86. The number of amides is 1. The summed E-state index contributed by atoms with van der Waals surface area (Å²) >= 11 is 0. The van der Waals surface area contributed by atoms with Crippen LogP contribution < -0.4 is 9.99 Å². The molecule has 0 saturated carbocycles. The van der Waals surface area contributed by atoms with Crippen LogP contribution in [0.25, 0.3) is 10.8 Å². The molecule has 3 aromatic rings. The van der Waals surface area contributed by atoms with E-state index in [1.54, 1.807) is 35.2 Å². The summed E-state index contributed by atoms with van der Waals surface area (Å²) in [7, 11) is 0. The lowest BCUT2D eigenvalue weighted by atomic mass is 10.0. The van der Waals surface area contributed by atoms with Gasteiger partial charge in [-0.05, 0) is 16.8 Å². The summed E-state index contributed by atoms with van der Waals surface area (Å²) < 4.78 is 1.77. The maximum atomic E-state index is 12.1. The number of benzene rings is 2. The number of phenolic OH excluding ortho intramolecular Hbond substituents is 1. The van der Waals surface area contributed by atoms with Gasteiger partial charge in [-0.2, -0.15) is 5.10 Å². The molecule has 0 aliphatic carbocycles. The Labute approximate surface area is 144 Å². The highest BCUT2D eigenvalue weighted by molar-refractivity contribution is 6.03. The van der Waals surface area contributed by atoms with Gasteiger partial charge in [0.05, 0.1) is 11.8 Å². The Morgan fingerprint density at radius 2 is 1.88 bits per heavy atom. The van der Waals surface area contributed by atoms with E-state index in [2.05, 4.69) is 10.5 Å². The Balaban J connectivity index is 1.75. The zero-order valence-electron chi connectivity index (χ0n) is 13.5. The quantitative estimate of drug-likeness (QED) is 0.376. The molecular formula is C19H18N3O3+. The second kappa shape index (κ2) is 7.55. The first kappa shape index (κ1) is 16.6. The Morgan fingerprint density at radius 1 is 1.12 bits per heavy atom. The molecule has 2 aromatic carbocycles. The molecule has 6 nitrogen and oxygen atoms in total. The van der Waals surface area contributed by atoms with Crippen LogP contribution in [0, 0.1) is 0 Å². The van der Waals surface area contributed by atoms with Crippen LogP contribution >= 0.6 is 0 Å². The van der Waals surface area contributed by atoms with Gasteiger partial charge in [-0.15, -0.1) is 0 Å². The second-order valence-corrected chi connectivity index (χ2v) is 5.47. The molecule has 0 bridgehead atoms. The Bertz CT molecular complexity index is 921. The third-order valence-corrected chi connectivity index (χ3v) is 3.82. The Kier molecular flexibility index (Phi) is 5.01. The van der Waals surface area contributed by atoms with E-state index >= 15 is 0 Å². The van der Waals surface area contributed by atoms with Gasteiger partial charge in [0.1, 0.15) is 12.4 Å². The van der Waals surface area contributed by atoms with Crippen LogP contribution in [0.4, 0.5) is 0 Å². The zero-order chi connectivity index (χ0) is 17.6. The molecular weight excluding hydrogens is 318 g/mol. The number of pyridine rings is 1. The van der Waals surface area contributed by atoms with E-state index in [9.17, 15) is 9.90 Å². The first-order valence-corrected chi connectivity index (χ1v) is 7.83. The summed E-state index contributed by atoms with van der Waals surface area (Å²) in [5, 5.41) is 24.7. The van der Waals surface area contributed by atoms with Gasteiger partial charge in [0.15, 0.2) is 18.9 Å². The van der Waals surface area contributed by atoms with Crippen LogP contribution in [-0.4, -0.2) is 28.9 Å². The predicted octanol–water partition coefficient (Wildman–Crippen LogP) is 1.59. The van der Waals surface area contributed by atoms with Crippen molar-refractivity contribution in [3.05, 3.63) is 72.1 Å². The van der Waals surface area contributed by atoms with Gasteiger partial charge < -0.3 is 10.2 Å². The fraction of sp³-hybridized carbons (Fsp3) is 0.105. The van der Waals surface area contributed by atoms with Crippen molar-refractivity contribution in [3.63, 3.8) is 0 Å². The highest BCUT2D eigenvalue weighted by Crippen LogP contribution is 2.25. The number of aliphatic hydroxyl groups is 1. The molecule has 1 heterocycles. The van der Waals surface area contributed by atoms with Crippen molar-refractivity contribution in [1.29, 1.82) is 0 Å². The normalized spacial score (nSPS) is 11.1. The van der Waals surface area contributed by atoms with Crippen molar-refractivity contribution in [1.82, 2.24) is 5.43 Å². The van der Waals surface area contributed by atoms with Crippen LogP contribution in [0.15, 0.2) is 66.0 Å². The Hall–Kier alpha value is -3.25. The number of nitrogens with one attached hydrogen (secondary N) is 1. The van der Waals surface area contributed by atoms with Crippen LogP contribution in [-0.2, 0) is 6.54 Å². The Morgan fingerprint density at radius 3 is 2.64 bits per heavy atom. The lowest BCUT2D eigenvalue weighted by Gasteiger charge is -2.04. The monoisotopic (exact) mass is 336 g/mol. The fourth-order valence-electron chi connectivity index (χ4n) is 2.51. The maximum absolute atomic E-state index is 12.1. The molecule has 0 spiro atoms. The van der Waals surface area contributed by atoms with Gasteiger partial charge in [0.2, 0.25) is 0 Å². The third-order valence-electron chi connectivity index (χ3n) is 3.82. The molecule has 0 radical (unpaired) electrons. The molecule has 1 aromatic heterocycles. The summed E-state index contributed by atoms with van der Waals surface area (Å²) in [4.78, 5) is 12.1. The van der Waals surface area contributed by atoms with Crippen LogP contribution in [0.2, 0.25) is 0 Å². The molecule has 3 N–H and O–H groups in total. The highest BCUT2D eigenvalue weighted by atomic mass is 16.3. The molecule has 0 aliphatic rings. The standard InChI is InChI=1S/C19H17N3O3/c23-12-11-22-9-7-15(8-10-22)19(25)21-20-13-17-16-4-2-1-3-14(16)5-6-18(17)24/h1-10,13,23,25H,11-12H2/p+1. The van der Waals surface area contributed by atoms with Gasteiger partial charge >= 0.3 is 0 Å². The number of hydrogen-bond donors (Lipinski definition) is 3. The van der Waals surface area contributed by atoms with Crippen molar-refractivity contribution in [2.24, 2.45) is 5.10 Å². The van der Waals surface area contributed by atoms with Gasteiger partial charge in [-0.3, -0.25) is 4.79 Å². The number of hydrogen-bond acceptors (Lipinski definition) is 4. The van der Waals surface area contributed by atoms with E-state index in [4.69, 9.17) is 5.11 Å². The third kappa shape index (κ3) is 3.81.